The average molecular weight is 478 g/mol. The van der Waals surface area contributed by atoms with Gasteiger partial charge in [0.1, 0.15) is 23.1 Å². The predicted octanol–water partition coefficient (Wildman–Crippen LogP) is 6.16. The van der Waals surface area contributed by atoms with Crippen LogP contribution in [0.4, 0.5) is 14.5 Å². The fourth-order valence-electron chi connectivity index (χ4n) is 4.07. The quantitative estimate of drug-likeness (QED) is 0.183. The Morgan fingerprint density at radius 3 is 2.09 bits per heavy atom. The molecule has 1 aliphatic heterocycles. The van der Waals surface area contributed by atoms with E-state index in [9.17, 15) is 23.5 Å². The van der Waals surface area contributed by atoms with E-state index in [0.29, 0.717) is 23.5 Å². The molecule has 7 heteroatoms. The first-order valence-corrected chi connectivity index (χ1v) is 11.5. The van der Waals surface area contributed by atoms with E-state index in [0.717, 1.165) is 19.3 Å². The van der Waals surface area contributed by atoms with Crippen molar-refractivity contribution in [3.05, 3.63) is 101 Å². The van der Waals surface area contributed by atoms with E-state index < -0.39 is 29.4 Å². The number of ether oxygens (including phenoxy) is 1. The van der Waals surface area contributed by atoms with E-state index in [2.05, 4.69) is 6.92 Å². The molecule has 1 unspecified atom stereocenters. The third kappa shape index (κ3) is 5.09. The molecule has 0 spiro atoms. The highest BCUT2D eigenvalue weighted by molar-refractivity contribution is 6.51. The molecule has 180 valence electrons. The first-order chi connectivity index (χ1) is 16.9. The van der Waals surface area contributed by atoms with Crippen LogP contribution in [0.15, 0.2) is 78.4 Å². The smallest absolute Gasteiger partial charge is 0.300 e. The molecule has 0 radical (unpaired) electrons. The zero-order valence-electron chi connectivity index (χ0n) is 19.2. The summed E-state index contributed by atoms with van der Waals surface area (Å²) in [5.41, 5.74) is 0.891. The van der Waals surface area contributed by atoms with Crippen molar-refractivity contribution in [3.8, 4) is 5.75 Å². The molecule has 1 amide bonds. The lowest BCUT2D eigenvalue weighted by atomic mass is 9.95. The molecule has 1 saturated heterocycles. The van der Waals surface area contributed by atoms with Crippen LogP contribution >= 0.6 is 0 Å². The lowest BCUT2D eigenvalue weighted by molar-refractivity contribution is -0.132. The molecule has 4 rings (SSSR count). The van der Waals surface area contributed by atoms with Crippen LogP contribution in [0.2, 0.25) is 0 Å². The Bertz CT molecular complexity index is 1240. The maximum absolute atomic E-state index is 13.6. The summed E-state index contributed by atoms with van der Waals surface area (Å²) in [5, 5.41) is 11.1. The largest absolute Gasteiger partial charge is 0.507 e. The number of hydrogen-bond donors (Lipinski definition) is 1. The molecule has 0 aromatic heterocycles. The number of aliphatic hydroxyl groups is 1. The molecule has 3 aromatic carbocycles. The van der Waals surface area contributed by atoms with E-state index in [-0.39, 0.29) is 17.0 Å². The third-order valence-electron chi connectivity index (χ3n) is 5.88. The fraction of sp³-hybridized carbons (Fsp3) is 0.214. The van der Waals surface area contributed by atoms with Crippen molar-refractivity contribution in [2.24, 2.45) is 0 Å². The normalized spacial score (nSPS) is 17.1. The van der Waals surface area contributed by atoms with Crippen molar-refractivity contribution < 1.29 is 28.2 Å². The standard InChI is InChI=1S/C28H25F2NO4/c1-2-3-4-17-35-23-15-7-19(8-16-23)26(32)24-25(18-5-9-20(29)10-6-18)31(28(34)27(24)33)22-13-11-21(30)12-14-22/h5-16,25,32H,2-4,17H2,1H3/b26-24+. The number of halogens is 2. The molecular weight excluding hydrogens is 452 g/mol. The second-order valence-corrected chi connectivity index (χ2v) is 8.28. The molecule has 0 aliphatic carbocycles. The van der Waals surface area contributed by atoms with E-state index in [1.54, 1.807) is 24.3 Å². The Kier molecular flexibility index (Phi) is 7.25. The van der Waals surface area contributed by atoms with Gasteiger partial charge in [-0.3, -0.25) is 14.5 Å². The number of ketones is 1. The third-order valence-corrected chi connectivity index (χ3v) is 5.88. The number of amides is 1. The number of carbonyl (C=O) groups excluding carboxylic acids is 2. The summed E-state index contributed by atoms with van der Waals surface area (Å²) in [6, 6.07) is 16.0. The van der Waals surface area contributed by atoms with Gasteiger partial charge < -0.3 is 9.84 Å². The van der Waals surface area contributed by atoms with Gasteiger partial charge in [-0.25, -0.2) is 8.78 Å². The summed E-state index contributed by atoms with van der Waals surface area (Å²) >= 11 is 0. The molecule has 3 aromatic rings. The Labute approximate surface area is 202 Å². The van der Waals surface area contributed by atoms with Gasteiger partial charge in [0.2, 0.25) is 0 Å². The van der Waals surface area contributed by atoms with Gasteiger partial charge in [0.25, 0.3) is 11.7 Å². The second kappa shape index (κ2) is 10.5. The van der Waals surface area contributed by atoms with Crippen LogP contribution in [0, 0.1) is 11.6 Å². The number of rotatable bonds is 8. The highest BCUT2D eigenvalue weighted by Crippen LogP contribution is 2.42. The highest BCUT2D eigenvalue weighted by atomic mass is 19.1. The molecule has 0 saturated carbocycles. The van der Waals surface area contributed by atoms with Crippen molar-refractivity contribution in [3.63, 3.8) is 0 Å². The summed E-state index contributed by atoms with van der Waals surface area (Å²) in [7, 11) is 0. The summed E-state index contributed by atoms with van der Waals surface area (Å²) in [6.07, 6.45) is 3.08. The average Bonchev–Trinajstić information content (AvgIpc) is 3.13. The Balaban J connectivity index is 1.74. The number of nitrogens with zero attached hydrogens (tertiary/aromatic N) is 1. The molecular formula is C28H25F2NO4. The molecule has 1 N–H and O–H groups in total. The van der Waals surface area contributed by atoms with Crippen LogP contribution in [-0.2, 0) is 9.59 Å². The Morgan fingerprint density at radius 2 is 1.49 bits per heavy atom. The minimum atomic E-state index is -1.02. The molecule has 35 heavy (non-hydrogen) atoms. The van der Waals surface area contributed by atoms with Gasteiger partial charge in [-0.15, -0.1) is 0 Å². The zero-order chi connectivity index (χ0) is 24.9. The topological polar surface area (TPSA) is 66.8 Å². The van der Waals surface area contributed by atoms with Crippen LogP contribution in [-0.4, -0.2) is 23.4 Å². The van der Waals surface area contributed by atoms with Gasteiger partial charge in [0.15, 0.2) is 0 Å². The van der Waals surface area contributed by atoms with Gasteiger partial charge in [-0.2, -0.15) is 0 Å². The first-order valence-electron chi connectivity index (χ1n) is 11.5. The number of anilines is 1. The number of hydrogen-bond acceptors (Lipinski definition) is 4. The van der Waals surface area contributed by atoms with Crippen LogP contribution in [0.1, 0.15) is 43.4 Å². The van der Waals surface area contributed by atoms with E-state index in [1.807, 2.05) is 0 Å². The van der Waals surface area contributed by atoms with E-state index in [4.69, 9.17) is 4.74 Å². The van der Waals surface area contributed by atoms with Gasteiger partial charge >= 0.3 is 0 Å². The van der Waals surface area contributed by atoms with Crippen molar-refractivity contribution in [1.29, 1.82) is 0 Å². The summed E-state index contributed by atoms with van der Waals surface area (Å²) in [4.78, 5) is 27.4. The zero-order valence-corrected chi connectivity index (χ0v) is 19.2. The van der Waals surface area contributed by atoms with Crippen molar-refractivity contribution in [2.45, 2.75) is 32.2 Å². The number of carbonyl (C=O) groups is 2. The van der Waals surface area contributed by atoms with Gasteiger partial charge in [0, 0.05) is 11.3 Å². The van der Waals surface area contributed by atoms with Crippen LogP contribution in [0.5, 0.6) is 5.75 Å². The Morgan fingerprint density at radius 1 is 0.886 bits per heavy atom. The molecule has 5 nitrogen and oxygen atoms in total. The maximum Gasteiger partial charge on any atom is 0.300 e. The lowest BCUT2D eigenvalue weighted by Crippen LogP contribution is -2.29. The number of aliphatic hydroxyl groups excluding tert-OH is 1. The first kappa shape index (κ1) is 24.1. The minimum Gasteiger partial charge on any atom is -0.507 e. The molecule has 1 aliphatic rings. The number of Topliss-reactive ketones (excluding diaryl/α,β-unsaturated/α-hetero) is 1. The molecule has 1 heterocycles. The van der Waals surface area contributed by atoms with Crippen LogP contribution < -0.4 is 9.64 Å². The van der Waals surface area contributed by atoms with Crippen molar-refractivity contribution in [1.82, 2.24) is 0 Å². The van der Waals surface area contributed by atoms with E-state index >= 15 is 0 Å². The summed E-state index contributed by atoms with van der Waals surface area (Å²) in [5.74, 6) is -2.48. The van der Waals surface area contributed by atoms with Crippen molar-refractivity contribution >= 4 is 23.1 Å². The fourth-order valence-corrected chi connectivity index (χ4v) is 4.07. The second-order valence-electron chi connectivity index (χ2n) is 8.28. The SMILES string of the molecule is CCCCCOc1ccc(/C(O)=C2\C(=O)C(=O)N(c3ccc(F)cc3)C2c2ccc(F)cc2)cc1. The predicted molar refractivity (Wildman–Crippen MR) is 129 cm³/mol. The van der Waals surface area contributed by atoms with Gasteiger partial charge in [0.05, 0.1) is 18.2 Å². The molecule has 1 atom stereocenters. The van der Waals surface area contributed by atoms with Crippen LogP contribution in [0.25, 0.3) is 5.76 Å². The molecule has 0 bridgehead atoms. The van der Waals surface area contributed by atoms with Gasteiger partial charge in [-0.1, -0.05) is 31.9 Å². The lowest BCUT2D eigenvalue weighted by Gasteiger charge is -2.25. The number of unbranched alkanes of at least 4 members (excludes halogenated alkanes) is 2. The van der Waals surface area contributed by atoms with Crippen molar-refractivity contribution in [2.75, 3.05) is 11.5 Å². The monoisotopic (exact) mass is 477 g/mol. The maximum atomic E-state index is 13.6. The summed E-state index contributed by atoms with van der Waals surface area (Å²) in [6.45, 7) is 2.68. The number of benzene rings is 3. The molecule has 1 fully saturated rings. The Hall–Kier alpha value is -4.00. The summed E-state index contributed by atoms with van der Waals surface area (Å²) < 4.78 is 32.8. The minimum absolute atomic E-state index is 0.137. The van der Waals surface area contributed by atoms with Crippen LogP contribution in [0.3, 0.4) is 0 Å². The highest BCUT2D eigenvalue weighted by Gasteiger charge is 2.47. The van der Waals surface area contributed by atoms with E-state index in [1.165, 1.54) is 53.4 Å². The van der Waals surface area contributed by atoms with Gasteiger partial charge in [-0.05, 0) is 72.6 Å².